The monoisotopic (exact) mass is 1130 g/mol. The van der Waals surface area contributed by atoms with Crippen molar-refractivity contribution >= 4 is 13.7 Å². The summed E-state index contributed by atoms with van der Waals surface area (Å²) in [5.74, 6) is -0.192. The predicted octanol–water partition coefficient (Wildman–Crippen LogP) is 20.9. The molecule has 0 aliphatic rings. The number of nitrogens with one attached hydrogen (secondary N) is 1. The number of hydrogen-bond acceptors (Lipinski definition) is 5. The molecule has 0 fully saturated rings. The van der Waals surface area contributed by atoms with Crippen molar-refractivity contribution in [2.45, 2.75) is 283 Å². The Labute approximate surface area is 494 Å². The van der Waals surface area contributed by atoms with Gasteiger partial charge in [-0.1, -0.05) is 283 Å². The van der Waals surface area contributed by atoms with Crippen LogP contribution in [0.5, 0.6) is 0 Å². The van der Waals surface area contributed by atoms with Crippen molar-refractivity contribution in [3.05, 3.63) is 122 Å². The lowest BCUT2D eigenvalue weighted by atomic mass is 10.0. The fraction of sp³-hybridized carbons (Fsp3) is 0.704. The van der Waals surface area contributed by atoms with E-state index in [-0.39, 0.29) is 19.1 Å². The Bertz CT molecular complexity index is 1720. The van der Waals surface area contributed by atoms with Crippen LogP contribution in [0.15, 0.2) is 122 Å². The maximum Gasteiger partial charge on any atom is 0.472 e. The van der Waals surface area contributed by atoms with E-state index in [0.29, 0.717) is 17.4 Å². The zero-order valence-electron chi connectivity index (χ0n) is 52.5. The van der Waals surface area contributed by atoms with Gasteiger partial charge in [-0.2, -0.15) is 0 Å². The fourth-order valence-electron chi connectivity index (χ4n) is 9.06. The number of allylic oxidation sites excluding steroid dienone is 19. The molecule has 3 atom stereocenters. The van der Waals surface area contributed by atoms with Crippen LogP contribution in [0.25, 0.3) is 0 Å². The Kier molecular flexibility index (Phi) is 58.1. The van der Waals surface area contributed by atoms with E-state index in [1.54, 1.807) is 6.08 Å². The number of phosphoric acid groups is 1. The average molecular weight is 1130 g/mol. The number of hydrogen-bond donors (Lipinski definition) is 3. The molecule has 9 heteroatoms. The summed E-state index contributed by atoms with van der Waals surface area (Å²) in [5.41, 5.74) is 0. The average Bonchev–Trinajstić information content (AvgIpc) is 3.42. The van der Waals surface area contributed by atoms with Gasteiger partial charge in [0, 0.05) is 6.42 Å². The summed E-state index contributed by atoms with van der Waals surface area (Å²) in [5, 5.41) is 13.9. The van der Waals surface area contributed by atoms with Gasteiger partial charge in [0.1, 0.15) is 13.2 Å². The van der Waals surface area contributed by atoms with Crippen LogP contribution in [0.2, 0.25) is 0 Å². The molecule has 0 saturated carbocycles. The molecule has 0 bridgehead atoms. The number of rotatable bonds is 59. The van der Waals surface area contributed by atoms with E-state index in [0.717, 1.165) is 89.9 Å². The lowest BCUT2D eigenvalue weighted by Gasteiger charge is -2.25. The second-order valence-electron chi connectivity index (χ2n) is 23.1. The molecular weight excluding hydrogens is 1010 g/mol. The van der Waals surface area contributed by atoms with Crippen molar-refractivity contribution in [3.63, 3.8) is 0 Å². The largest absolute Gasteiger partial charge is 0.472 e. The van der Waals surface area contributed by atoms with Gasteiger partial charge in [0.05, 0.1) is 39.9 Å². The molecule has 0 heterocycles. The third kappa shape index (κ3) is 62.5. The van der Waals surface area contributed by atoms with Gasteiger partial charge in [-0.15, -0.1) is 0 Å². The highest BCUT2D eigenvalue weighted by molar-refractivity contribution is 7.47. The summed E-state index contributed by atoms with van der Waals surface area (Å²) < 4.78 is 23.7. The van der Waals surface area contributed by atoms with Crippen molar-refractivity contribution in [1.29, 1.82) is 0 Å². The summed E-state index contributed by atoms with van der Waals surface area (Å²) in [6.45, 7) is 4.67. The summed E-state index contributed by atoms with van der Waals surface area (Å²) in [6.07, 6.45) is 90.5. The standard InChI is InChI=1S/C71H125N2O6P/c1-6-8-10-12-14-16-18-20-22-24-25-26-27-28-29-30-31-32-33-34-35-36-37-38-39-40-41-42-43-44-45-46-47-49-51-53-55-57-59-61-63-65-71(75)72-69(68-79-80(76,77)78-67-66-73(3,4)5)70(74)64-62-60-58-56-54-52-50-48-23-21-19-17-15-13-11-9-7-2/h8,10,14,16,20,22-23,25-26,28-29,31-32,34-35,48,54,56,62,64,69-70,74H,6-7,9,11-13,15,17-19,21,24,27,30,33,36-47,49-53,55,57-61,63,65-68H2,1-5H3,(H-,72,75,76,77)/p+1/b10-8-,16-14-,22-20-,26-25-,29-28-,32-31-,35-34-,48-23+,56-54+,64-62+. The predicted molar refractivity (Wildman–Crippen MR) is 350 cm³/mol. The van der Waals surface area contributed by atoms with Crippen LogP contribution in [-0.2, 0) is 18.4 Å². The maximum atomic E-state index is 13.0. The molecule has 0 aliphatic carbocycles. The Morgan fingerprint density at radius 2 is 0.762 bits per heavy atom. The van der Waals surface area contributed by atoms with Crippen LogP contribution in [0, 0.1) is 0 Å². The number of carbonyl (C=O) groups is 1. The van der Waals surface area contributed by atoms with Crippen molar-refractivity contribution < 1.29 is 32.9 Å². The Balaban J connectivity index is 4.02. The van der Waals surface area contributed by atoms with Crippen LogP contribution in [0.3, 0.4) is 0 Å². The van der Waals surface area contributed by atoms with Gasteiger partial charge in [0.2, 0.25) is 5.91 Å². The third-order valence-corrected chi connectivity index (χ3v) is 15.1. The number of aliphatic hydroxyl groups is 1. The van der Waals surface area contributed by atoms with Gasteiger partial charge in [0.25, 0.3) is 0 Å². The molecule has 0 rings (SSSR count). The molecule has 0 radical (unpaired) electrons. The van der Waals surface area contributed by atoms with Crippen LogP contribution in [-0.4, -0.2) is 73.4 Å². The van der Waals surface area contributed by atoms with Crippen molar-refractivity contribution in [2.24, 2.45) is 0 Å². The van der Waals surface area contributed by atoms with Crippen molar-refractivity contribution in [3.8, 4) is 0 Å². The van der Waals surface area contributed by atoms with E-state index in [2.05, 4.69) is 129 Å². The first-order valence-electron chi connectivity index (χ1n) is 32.9. The second kappa shape index (κ2) is 60.5. The van der Waals surface area contributed by atoms with Gasteiger partial charge in [-0.05, 0) is 103 Å². The first kappa shape index (κ1) is 76.9. The summed E-state index contributed by atoms with van der Waals surface area (Å²) in [7, 11) is 1.54. The highest BCUT2D eigenvalue weighted by Gasteiger charge is 2.27. The van der Waals surface area contributed by atoms with Gasteiger partial charge in [0.15, 0.2) is 0 Å². The topological polar surface area (TPSA) is 105 Å². The molecule has 0 aromatic carbocycles. The Hall–Kier alpha value is -3.10. The van der Waals surface area contributed by atoms with E-state index < -0.39 is 20.0 Å². The molecular formula is C71H126N2O6P+. The van der Waals surface area contributed by atoms with E-state index in [1.807, 2.05) is 27.2 Å². The lowest BCUT2D eigenvalue weighted by Crippen LogP contribution is -2.45. The summed E-state index contributed by atoms with van der Waals surface area (Å²) in [6, 6.07) is -0.875. The normalized spacial score (nSPS) is 14.5. The van der Waals surface area contributed by atoms with E-state index >= 15 is 0 Å². The number of unbranched alkanes of at least 4 members (excludes halogenated alkanes) is 28. The van der Waals surface area contributed by atoms with Crippen LogP contribution >= 0.6 is 7.82 Å². The number of nitrogens with zero attached hydrogens (tertiary/aromatic N) is 1. The van der Waals surface area contributed by atoms with Crippen molar-refractivity contribution in [1.82, 2.24) is 5.32 Å². The maximum absolute atomic E-state index is 13.0. The number of aliphatic hydroxyl groups excluding tert-OH is 1. The van der Waals surface area contributed by atoms with Crippen molar-refractivity contribution in [2.75, 3.05) is 40.9 Å². The number of carbonyl (C=O) groups excluding carboxylic acids is 1. The quantitative estimate of drug-likeness (QED) is 0.0243. The molecule has 8 nitrogen and oxygen atoms in total. The molecule has 0 aromatic heterocycles. The van der Waals surface area contributed by atoms with Crippen LogP contribution < -0.4 is 5.32 Å². The number of likely N-dealkylation sites (N-methyl/N-ethyl adjacent to an activating group) is 1. The van der Waals surface area contributed by atoms with Gasteiger partial charge >= 0.3 is 7.82 Å². The van der Waals surface area contributed by atoms with Gasteiger partial charge in [-0.3, -0.25) is 13.8 Å². The zero-order valence-corrected chi connectivity index (χ0v) is 53.4. The molecule has 0 saturated heterocycles. The molecule has 1 amide bonds. The van der Waals surface area contributed by atoms with E-state index in [4.69, 9.17) is 9.05 Å². The minimum atomic E-state index is -4.37. The third-order valence-electron chi connectivity index (χ3n) is 14.1. The minimum Gasteiger partial charge on any atom is -0.387 e. The number of phosphoric ester groups is 1. The Morgan fingerprint density at radius 1 is 0.438 bits per heavy atom. The highest BCUT2D eigenvalue weighted by atomic mass is 31.2. The summed E-state index contributed by atoms with van der Waals surface area (Å²) >= 11 is 0. The van der Waals surface area contributed by atoms with Gasteiger partial charge in [-0.25, -0.2) is 4.57 Å². The molecule has 0 spiro atoms. The summed E-state index contributed by atoms with van der Waals surface area (Å²) in [4.78, 5) is 23.3. The first-order chi connectivity index (χ1) is 39.0. The highest BCUT2D eigenvalue weighted by Crippen LogP contribution is 2.43. The number of quaternary nitrogens is 1. The van der Waals surface area contributed by atoms with E-state index in [9.17, 15) is 19.4 Å². The first-order valence-corrected chi connectivity index (χ1v) is 34.4. The molecule has 80 heavy (non-hydrogen) atoms. The smallest absolute Gasteiger partial charge is 0.387 e. The SMILES string of the molecule is CC/C=C\C/C=C\C/C=C\C/C=C\C/C=C\C/C=C\C/C=C\CCCCCCCCCCCCCCCCCCCCCC(=O)NC(COP(=O)(O)OCC[N+](C)(C)C)C(O)/C=C/CC/C=C/CC/C=C/CCCCCCCCC. The van der Waals surface area contributed by atoms with E-state index in [1.165, 1.54) is 161 Å². The number of amides is 1. The lowest BCUT2D eigenvalue weighted by molar-refractivity contribution is -0.870. The van der Waals surface area contributed by atoms with Gasteiger partial charge < -0.3 is 19.8 Å². The minimum absolute atomic E-state index is 0.0504. The molecule has 3 N–H and O–H groups in total. The van der Waals surface area contributed by atoms with Crippen LogP contribution in [0.1, 0.15) is 271 Å². The second-order valence-corrected chi connectivity index (χ2v) is 24.5. The van der Waals surface area contributed by atoms with Crippen LogP contribution in [0.4, 0.5) is 0 Å². The molecule has 3 unspecified atom stereocenters. The molecule has 0 aliphatic heterocycles. The zero-order chi connectivity index (χ0) is 58.4. The molecule has 0 aromatic rings. The molecule has 460 valence electrons. The Morgan fingerprint density at radius 3 is 1.15 bits per heavy atom. The fourth-order valence-corrected chi connectivity index (χ4v) is 9.79.